The highest BCUT2D eigenvalue weighted by Gasteiger charge is 2.51. The molecule has 0 radical (unpaired) electrons. The summed E-state index contributed by atoms with van der Waals surface area (Å²) in [6, 6.07) is 14.3. The van der Waals surface area contributed by atoms with E-state index in [1.807, 2.05) is 6.07 Å². The predicted octanol–water partition coefficient (Wildman–Crippen LogP) is 2.86. The number of nitrogens with one attached hydrogen (secondary N) is 1. The molecule has 3 aromatic rings. The minimum atomic E-state index is -1.22. The molecular formula is C23H20N2O6. The number of carbonyl (C=O) groups is 3. The number of nitrogens with zero attached hydrogens (tertiary/aromatic N) is 1. The Labute approximate surface area is 177 Å². The topological polar surface area (TPSA) is 106 Å². The van der Waals surface area contributed by atoms with Crippen LogP contribution in [-0.2, 0) is 15.1 Å². The number of esters is 1. The summed E-state index contributed by atoms with van der Waals surface area (Å²) in [5.74, 6) is -1.16. The molecule has 3 amide bonds. The minimum absolute atomic E-state index is 0.142. The molecule has 0 bridgehead atoms. The summed E-state index contributed by atoms with van der Waals surface area (Å²) in [6.07, 6.45) is 0.330. The van der Waals surface area contributed by atoms with Crippen LogP contribution >= 0.6 is 0 Å². The molecule has 1 N–H and O–H groups in total. The molecule has 1 saturated heterocycles. The van der Waals surface area contributed by atoms with Gasteiger partial charge in [0.05, 0.1) is 0 Å². The van der Waals surface area contributed by atoms with Crippen molar-refractivity contribution in [2.45, 2.75) is 25.8 Å². The molecule has 0 aliphatic carbocycles. The molecule has 2 aromatic carbocycles. The van der Waals surface area contributed by atoms with E-state index >= 15 is 0 Å². The van der Waals surface area contributed by atoms with Gasteiger partial charge in [0.25, 0.3) is 5.91 Å². The van der Waals surface area contributed by atoms with Crippen molar-refractivity contribution in [3.63, 3.8) is 0 Å². The number of amides is 3. The number of fused-ring (bicyclic) bond motifs is 1. The smallest absolute Gasteiger partial charge is 0.336 e. The summed E-state index contributed by atoms with van der Waals surface area (Å²) in [5.41, 5.74) is -0.0707. The Bertz CT molecular complexity index is 1250. The van der Waals surface area contributed by atoms with Crippen molar-refractivity contribution in [1.29, 1.82) is 0 Å². The lowest BCUT2D eigenvalue weighted by Crippen LogP contribution is -2.44. The zero-order valence-electron chi connectivity index (χ0n) is 17.0. The third kappa shape index (κ3) is 3.56. The molecular weight excluding hydrogens is 400 g/mol. The molecule has 1 aromatic heterocycles. The third-order valence-electron chi connectivity index (χ3n) is 5.41. The lowest BCUT2D eigenvalue weighted by atomic mass is 9.87. The van der Waals surface area contributed by atoms with Crippen LogP contribution in [0.15, 0.2) is 63.8 Å². The number of aryl methyl sites for hydroxylation is 1. The van der Waals surface area contributed by atoms with E-state index in [4.69, 9.17) is 9.15 Å². The Morgan fingerprint density at radius 1 is 1.10 bits per heavy atom. The van der Waals surface area contributed by atoms with Crippen LogP contribution in [0.5, 0.6) is 5.75 Å². The second kappa shape index (κ2) is 7.71. The highest BCUT2D eigenvalue weighted by atomic mass is 16.5. The highest BCUT2D eigenvalue weighted by Crippen LogP contribution is 2.32. The Kier molecular flexibility index (Phi) is 5.06. The fourth-order valence-electron chi connectivity index (χ4n) is 3.79. The van der Waals surface area contributed by atoms with Crippen LogP contribution in [0, 0.1) is 6.92 Å². The van der Waals surface area contributed by atoms with E-state index in [2.05, 4.69) is 5.32 Å². The lowest BCUT2D eigenvalue weighted by Gasteiger charge is -2.25. The quantitative estimate of drug-likeness (QED) is 0.294. The highest BCUT2D eigenvalue weighted by molar-refractivity contribution is 6.09. The number of hydrogen-bond acceptors (Lipinski definition) is 6. The maximum absolute atomic E-state index is 13.1. The summed E-state index contributed by atoms with van der Waals surface area (Å²) in [7, 11) is 0. The zero-order chi connectivity index (χ0) is 22.2. The van der Waals surface area contributed by atoms with Crippen LogP contribution in [0.3, 0.4) is 0 Å². The van der Waals surface area contributed by atoms with Crippen molar-refractivity contribution in [3.05, 3.63) is 76.1 Å². The van der Waals surface area contributed by atoms with Crippen molar-refractivity contribution < 1.29 is 23.5 Å². The van der Waals surface area contributed by atoms with Crippen molar-refractivity contribution in [2.75, 3.05) is 6.54 Å². The van der Waals surface area contributed by atoms with E-state index in [-0.39, 0.29) is 11.3 Å². The Morgan fingerprint density at radius 3 is 2.55 bits per heavy atom. The molecule has 1 aliphatic heterocycles. The first-order valence-electron chi connectivity index (χ1n) is 9.79. The van der Waals surface area contributed by atoms with Crippen molar-refractivity contribution in [2.24, 2.45) is 0 Å². The van der Waals surface area contributed by atoms with Crippen LogP contribution in [0.2, 0.25) is 0 Å². The molecule has 1 atom stereocenters. The average Bonchev–Trinajstić information content (AvgIpc) is 2.99. The SMILES string of the molecule is CCC1(c2ccccc2)NC(=O)N(CC(=O)Oc2ccc3c(C)cc(=O)oc3c2)C1=O. The van der Waals surface area contributed by atoms with E-state index in [0.717, 1.165) is 10.5 Å². The molecule has 0 saturated carbocycles. The number of rotatable bonds is 5. The number of hydrogen-bond donors (Lipinski definition) is 1. The van der Waals surface area contributed by atoms with Gasteiger partial charge in [-0.1, -0.05) is 37.3 Å². The normalized spacial score (nSPS) is 18.3. The molecule has 1 unspecified atom stereocenters. The fraction of sp³-hybridized carbons (Fsp3) is 0.217. The standard InChI is InChI=1S/C23H20N2O6/c1-3-23(15-7-5-4-6-8-15)21(28)25(22(29)24-23)13-20(27)30-16-9-10-17-14(2)11-19(26)31-18(17)12-16/h4-12H,3,13H2,1-2H3,(H,24,29). The summed E-state index contributed by atoms with van der Waals surface area (Å²) in [5, 5.41) is 3.43. The number of ether oxygens (including phenoxy) is 1. The van der Waals surface area contributed by atoms with Gasteiger partial charge in [-0.05, 0) is 36.6 Å². The number of carbonyl (C=O) groups excluding carboxylic acids is 3. The predicted molar refractivity (Wildman–Crippen MR) is 112 cm³/mol. The molecule has 1 fully saturated rings. The monoisotopic (exact) mass is 420 g/mol. The first-order valence-corrected chi connectivity index (χ1v) is 9.79. The minimum Gasteiger partial charge on any atom is -0.425 e. The van der Waals surface area contributed by atoms with Gasteiger partial charge < -0.3 is 14.5 Å². The van der Waals surface area contributed by atoms with Crippen LogP contribution in [-0.4, -0.2) is 29.4 Å². The summed E-state index contributed by atoms with van der Waals surface area (Å²) in [4.78, 5) is 50.5. The van der Waals surface area contributed by atoms with E-state index in [0.29, 0.717) is 17.4 Å². The Balaban J connectivity index is 1.53. The van der Waals surface area contributed by atoms with E-state index in [1.54, 1.807) is 50.2 Å². The molecule has 1 aliphatic rings. The van der Waals surface area contributed by atoms with Gasteiger partial charge in [0, 0.05) is 17.5 Å². The number of urea groups is 1. The molecule has 4 rings (SSSR count). The van der Waals surface area contributed by atoms with E-state index < -0.39 is 35.6 Å². The number of benzene rings is 2. The first kappa shape index (κ1) is 20.3. The van der Waals surface area contributed by atoms with Gasteiger partial charge in [-0.3, -0.25) is 9.69 Å². The zero-order valence-corrected chi connectivity index (χ0v) is 17.0. The molecule has 0 spiro atoms. The van der Waals surface area contributed by atoms with Gasteiger partial charge in [-0.15, -0.1) is 0 Å². The van der Waals surface area contributed by atoms with Crippen LogP contribution < -0.4 is 15.7 Å². The molecule has 2 heterocycles. The third-order valence-corrected chi connectivity index (χ3v) is 5.41. The summed E-state index contributed by atoms with van der Waals surface area (Å²) >= 11 is 0. The van der Waals surface area contributed by atoms with E-state index in [9.17, 15) is 19.2 Å². The van der Waals surface area contributed by atoms with Crippen LogP contribution in [0.1, 0.15) is 24.5 Å². The van der Waals surface area contributed by atoms with Crippen molar-refractivity contribution >= 4 is 28.9 Å². The largest absolute Gasteiger partial charge is 0.425 e. The first-order chi connectivity index (χ1) is 14.8. The Hall–Kier alpha value is -3.94. The molecule has 8 heteroatoms. The van der Waals surface area contributed by atoms with Crippen molar-refractivity contribution in [3.8, 4) is 5.75 Å². The van der Waals surface area contributed by atoms with Gasteiger partial charge >= 0.3 is 17.6 Å². The summed E-state index contributed by atoms with van der Waals surface area (Å²) < 4.78 is 10.4. The van der Waals surface area contributed by atoms with Gasteiger partial charge in [0.1, 0.15) is 23.4 Å². The van der Waals surface area contributed by atoms with Gasteiger partial charge in [-0.25, -0.2) is 14.4 Å². The van der Waals surface area contributed by atoms with Gasteiger partial charge in [-0.2, -0.15) is 0 Å². The molecule has 31 heavy (non-hydrogen) atoms. The maximum atomic E-state index is 13.1. The summed E-state index contributed by atoms with van der Waals surface area (Å²) in [6.45, 7) is 3.02. The number of imide groups is 1. The molecule has 8 nitrogen and oxygen atoms in total. The van der Waals surface area contributed by atoms with Crippen LogP contribution in [0.25, 0.3) is 11.0 Å². The van der Waals surface area contributed by atoms with Crippen molar-refractivity contribution in [1.82, 2.24) is 10.2 Å². The van der Waals surface area contributed by atoms with Gasteiger partial charge in [0.2, 0.25) is 0 Å². The second-order valence-corrected chi connectivity index (χ2v) is 7.33. The Morgan fingerprint density at radius 2 is 1.84 bits per heavy atom. The maximum Gasteiger partial charge on any atom is 0.336 e. The lowest BCUT2D eigenvalue weighted by molar-refractivity contribution is -0.141. The van der Waals surface area contributed by atoms with Crippen LogP contribution in [0.4, 0.5) is 4.79 Å². The van der Waals surface area contributed by atoms with Gasteiger partial charge in [0.15, 0.2) is 0 Å². The average molecular weight is 420 g/mol. The van der Waals surface area contributed by atoms with E-state index in [1.165, 1.54) is 12.1 Å². The fourth-order valence-corrected chi connectivity index (χ4v) is 3.79. The second-order valence-electron chi connectivity index (χ2n) is 7.33. The molecule has 158 valence electrons.